The molecule has 0 saturated heterocycles. The summed E-state index contributed by atoms with van der Waals surface area (Å²) in [6.45, 7) is 5.71. The van der Waals surface area contributed by atoms with Crippen LogP contribution in [0.15, 0.2) is 0 Å². The van der Waals surface area contributed by atoms with Crippen molar-refractivity contribution in [1.29, 1.82) is 0 Å². The van der Waals surface area contributed by atoms with E-state index in [1.54, 1.807) is 0 Å². The van der Waals surface area contributed by atoms with Gasteiger partial charge in [-0.3, -0.25) is 0 Å². The van der Waals surface area contributed by atoms with Crippen molar-refractivity contribution >= 4 is 46.5 Å². The lowest BCUT2D eigenvalue weighted by atomic mass is 10.1. The fourth-order valence-electron chi connectivity index (χ4n) is 4.10. The Morgan fingerprint density at radius 3 is 0.929 bits per heavy atom. The van der Waals surface area contributed by atoms with Crippen molar-refractivity contribution in [2.75, 3.05) is 13.2 Å². The molecular formula is C32H66N2O6S2. The third kappa shape index (κ3) is 45.6. The molecule has 0 atom stereocenters. The standard InChI is InChI=1S/2C16H30O3S.2H3N/c2*1-2-3-4-5-6-7-8-9-10-11-14-19-16(20)13-12-15(17)18;;/h2*2-14H2,1H3,(H,17,18);2*1H3. The average Bonchev–Trinajstić information content (AvgIpc) is 2.92. The first-order chi connectivity index (χ1) is 19.3. The van der Waals surface area contributed by atoms with Crippen molar-refractivity contribution < 1.29 is 29.3 Å². The first-order valence-electron chi connectivity index (χ1n) is 16.0. The molecule has 0 heterocycles. The van der Waals surface area contributed by atoms with Crippen molar-refractivity contribution in [1.82, 2.24) is 12.3 Å². The molecule has 0 unspecified atom stereocenters. The zero-order valence-corrected chi connectivity index (χ0v) is 29.3. The van der Waals surface area contributed by atoms with E-state index in [4.69, 9.17) is 33.9 Å². The Morgan fingerprint density at radius 1 is 0.452 bits per heavy atom. The minimum absolute atomic E-state index is 0. The molecule has 42 heavy (non-hydrogen) atoms. The molecule has 0 aliphatic rings. The topological polar surface area (TPSA) is 172 Å². The van der Waals surface area contributed by atoms with Gasteiger partial charge in [-0.25, -0.2) is 0 Å². The summed E-state index contributed by atoms with van der Waals surface area (Å²) in [5.74, 6) is -2.15. The van der Waals surface area contributed by atoms with E-state index in [2.05, 4.69) is 13.8 Å². The van der Waals surface area contributed by atoms with Crippen LogP contribution in [0.3, 0.4) is 0 Å². The van der Waals surface area contributed by atoms with E-state index in [9.17, 15) is 19.8 Å². The van der Waals surface area contributed by atoms with Gasteiger partial charge in [0.25, 0.3) is 0 Å². The maximum absolute atomic E-state index is 10.2. The third-order valence-electron chi connectivity index (χ3n) is 6.59. The maximum Gasteiger partial charge on any atom is 0.160 e. The number of quaternary nitrogens is 2. The van der Waals surface area contributed by atoms with Crippen LogP contribution in [-0.4, -0.2) is 35.3 Å². The Morgan fingerprint density at radius 2 is 0.690 bits per heavy atom. The second-order valence-corrected chi connectivity index (χ2v) is 11.5. The number of aliphatic carboxylic acids is 2. The van der Waals surface area contributed by atoms with Gasteiger partial charge in [0.15, 0.2) is 10.1 Å². The molecule has 0 fully saturated rings. The fraction of sp³-hybridized carbons (Fsp3) is 0.875. The summed E-state index contributed by atoms with van der Waals surface area (Å²) in [7, 11) is 0. The smallest absolute Gasteiger partial charge is 0.160 e. The van der Waals surface area contributed by atoms with Gasteiger partial charge in [-0.05, 0) is 50.1 Å². The maximum atomic E-state index is 10.2. The summed E-state index contributed by atoms with van der Waals surface area (Å²) >= 11 is 9.86. The van der Waals surface area contributed by atoms with Crippen molar-refractivity contribution in [3.8, 4) is 0 Å². The van der Waals surface area contributed by atoms with E-state index in [1.165, 1.54) is 103 Å². The SMILES string of the molecule is CCCCCCCCCCCCOC(=S)CCC(=O)[O-].CCCCCCCCCCCCOC(=S)CCC(=O)[O-].[NH4+].[NH4+]. The second kappa shape index (κ2) is 39.6. The molecule has 0 aromatic carbocycles. The lowest BCUT2D eigenvalue weighted by molar-refractivity contribution is -0.306. The van der Waals surface area contributed by atoms with Gasteiger partial charge in [-0.15, -0.1) is 0 Å². The summed E-state index contributed by atoms with van der Waals surface area (Å²) in [6.07, 6.45) is 26.2. The zero-order valence-electron chi connectivity index (χ0n) is 27.7. The first kappa shape index (κ1) is 47.6. The monoisotopic (exact) mass is 638 g/mol. The number of carboxylic acids is 2. The van der Waals surface area contributed by atoms with Gasteiger partial charge in [0, 0.05) is 24.8 Å². The molecule has 252 valence electrons. The molecule has 8 N–H and O–H groups in total. The predicted molar refractivity (Wildman–Crippen MR) is 181 cm³/mol. The Bertz CT molecular complexity index is 572. The van der Waals surface area contributed by atoms with Crippen LogP contribution in [0.4, 0.5) is 0 Å². The highest BCUT2D eigenvalue weighted by molar-refractivity contribution is 7.80. The molecule has 0 radical (unpaired) electrons. The molecule has 8 nitrogen and oxygen atoms in total. The van der Waals surface area contributed by atoms with Crippen LogP contribution in [0.5, 0.6) is 0 Å². The molecule has 0 aliphatic carbocycles. The van der Waals surface area contributed by atoms with Crippen molar-refractivity contribution in [3.05, 3.63) is 0 Å². The minimum atomic E-state index is -1.07. The summed E-state index contributed by atoms with van der Waals surface area (Å²) < 4.78 is 10.6. The average molecular weight is 639 g/mol. The van der Waals surface area contributed by atoms with Gasteiger partial charge < -0.3 is 41.6 Å². The highest BCUT2D eigenvalue weighted by Gasteiger charge is 2.00. The lowest BCUT2D eigenvalue weighted by Gasteiger charge is -2.07. The Labute approximate surface area is 268 Å². The van der Waals surface area contributed by atoms with Crippen molar-refractivity contribution in [3.63, 3.8) is 0 Å². The molecule has 0 amide bonds. The first-order valence-corrected chi connectivity index (χ1v) is 16.9. The Hall–Kier alpha value is -1.36. The number of hydrogen-bond acceptors (Lipinski definition) is 8. The van der Waals surface area contributed by atoms with Gasteiger partial charge in [0.1, 0.15) is 0 Å². The third-order valence-corrected chi connectivity index (χ3v) is 7.23. The number of carboxylic acid groups (broad SMARTS) is 2. The quantitative estimate of drug-likeness (QED) is 0.0636. The highest BCUT2D eigenvalue weighted by atomic mass is 32.1. The van der Waals surface area contributed by atoms with Gasteiger partial charge in [0.2, 0.25) is 0 Å². The Kier molecular flexibility index (Phi) is 44.9. The van der Waals surface area contributed by atoms with Crippen LogP contribution < -0.4 is 22.5 Å². The zero-order chi connectivity index (χ0) is 30.1. The van der Waals surface area contributed by atoms with Crippen LogP contribution in [0, 0.1) is 0 Å². The predicted octanol–water partition coefficient (Wildman–Crippen LogP) is 8.32. The van der Waals surface area contributed by atoms with Crippen molar-refractivity contribution in [2.45, 2.75) is 168 Å². The molecule has 0 rings (SSSR count). The normalized spacial score (nSPS) is 9.95. The number of thiocarbonyl (C=S) groups is 2. The van der Waals surface area contributed by atoms with Gasteiger partial charge in [-0.1, -0.05) is 129 Å². The number of carbonyl (C=O) groups excluding carboxylic acids is 2. The van der Waals surface area contributed by atoms with Crippen LogP contribution >= 0.6 is 24.4 Å². The van der Waals surface area contributed by atoms with E-state index < -0.39 is 11.9 Å². The van der Waals surface area contributed by atoms with Gasteiger partial charge in [0.05, 0.1) is 13.2 Å². The highest BCUT2D eigenvalue weighted by Crippen LogP contribution is 2.12. The van der Waals surface area contributed by atoms with E-state index in [0.717, 1.165) is 25.7 Å². The van der Waals surface area contributed by atoms with E-state index in [0.29, 0.717) is 23.3 Å². The summed E-state index contributed by atoms with van der Waals surface area (Å²) in [4.78, 5) is 20.5. The molecule has 0 aliphatic heterocycles. The van der Waals surface area contributed by atoms with Crippen LogP contribution in [0.1, 0.15) is 168 Å². The molecule has 10 heteroatoms. The molecule has 0 saturated carbocycles. The second-order valence-electron chi connectivity index (χ2n) is 10.5. The van der Waals surface area contributed by atoms with Crippen LogP contribution in [-0.2, 0) is 19.1 Å². The van der Waals surface area contributed by atoms with Gasteiger partial charge >= 0.3 is 0 Å². The summed E-state index contributed by atoms with van der Waals surface area (Å²) in [6, 6.07) is 0. The van der Waals surface area contributed by atoms with Crippen LogP contribution in [0.2, 0.25) is 0 Å². The molecule has 0 aromatic rings. The fourth-order valence-corrected chi connectivity index (χ4v) is 4.47. The van der Waals surface area contributed by atoms with E-state index >= 15 is 0 Å². The van der Waals surface area contributed by atoms with E-state index in [1.807, 2.05) is 0 Å². The molecule has 0 spiro atoms. The molecule has 0 aromatic heterocycles. The number of hydrogen-bond donors (Lipinski definition) is 2. The molecule has 0 bridgehead atoms. The van der Waals surface area contributed by atoms with Gasteiger partial charge in [-0.2, -0.15) is 0 Å². The number of ether oxygens (including phenoxy) is 2. The summed E-state index contributed by atoms with van der Waals surface area (Å²) in [5, 5.41) is 21.3. The molecular weight excluding hydrogens is 572 g/mol. The lowest BCUT2D eigenvalue weighted by Crippen LogP contribution is -2.22. The number of carbonyl (C=O) groups is 2. The number of rotatable bonds is 28. The summed E-state index contributed by atoms with van der Waals surface area (Å²) in [5.41, 5.74) is 0. The van der Waals surface area contributed by atoms with E-state index in [-0.39, 0.29) is 38.0 Å². The number of unbranched alkanes of at least 4 members (excludes halogenated alkanes) is 18. The minimum Gasteiger partial charge on any atom is -0.550 e. The Balaban J connectivity index is -0.000000328. The van der Waals surface area contributed by atoms with Crippen molar-refractivity contribution in [2.24, 2.45) is 0 Å². The van der Waals surface area contributed by atoms with Crippen LogP contribution in [0.25, 0.3) is 0 Å². The largest absolute Gasteiger partial charge is 0.550 e.